The van der Waals surface area contributed by atoms with Gasteiger partial charge in [-0.3, -0.25) is 0 Å². The summed E-state index contributed by atoms with van der Waals surface area (Å²) in [5.41, 5.74) is -1.08. The molecule has 72 valence electrons. The fraction of sp³-hybridized carbons (Fsp3) is 0. The summed E-state index contributed by atoms with van der Waals surface area (Å²) in [5.74, 6) is 0.270. The molecule has 0 radical (unpaired) electrons. The lowest BCUT2D eigenvalue weighted by molar-refractivity contribution is 0.903. The summed E-state index contributed by atoms with van der Waals surface area (Å²) in [6, 6.07) is 4.95. The Bertz CT molecular complexity index is 540. The van der Waals surface area contributed by atoms with Crippen LogP contribution in [0.5, 0.6) is 0 Å². The second-order valence-corrected chi connectivity index (χ2v) is 3.33. The highest BCUT2D eigenvalue weighted by molar-refractivity contribution is 9.10. The molecule has 0 saturated heterocycles. The third kappa shape index (κ3) is 1.41. The zero-order chi connectivity index (χ0) is 10.1. The fourth-order valence-corrected chi connectivity index (χ4v) is 1.38. The lowest BCUT2D eigenvalue weighted by Gasteiger charge is -1.97. The van der Waals surface area contributed by atoms with Crippen molar-refractivity contribution in [2.75, 3.05) is 0 Å². The summed E-state index contributed by atoms with van der Waals surface area (Å²) >= 11 is 3.15. The van der Waals surface area contributed by atoms with Gasteiger partial charge in [0.2, 0.25) is 0 Å². The zero-order valence-electron chi connectivity index (χ0n) is 6.82. The van der Waals surface area contributed by atoms with Gasteiger partial charge < -0.3 is 0 Å². The molecule has 7 heteroatoms. The molecule has 2 heterocycles. The number of nitrogens with one attached hydrogen (secondary N) is 2. The third-order valence-corrected chi connectivity index (χ3v) is 2.05. The second kappa shape index (κ2) is 3.26. The van der Waals surface area contributed by atoms with Crippen molar-refractivity contribution in [3.8, 4) is 5.82 Å². The van der Waals surface area contributed by atoms with Crippen molar-refractivity contribution in [2.24, 2.45) is 0 Å². The van der Waals surface area contributed by atoms with Gasteiger partial charge in [0.15, 0.2) is 0 Å². The fourth-order valence-electron chi connectivity index (χ4n) is 1.04. The molecule has 0 aliphatic heterocycles. The van der Waals surface area contributed by atoms with E-state index in [4.69, 9.17) is 0 Å². The minimum absolute atomic E-state index is 0.270. The molecule has 0 saturated carbocycles. The quantitative estimate of drug-likeness (QED) is 0.706. The first-order chi connectivity index (χ1) is 6.68. The van der Waals surface area contributed by atoms with Crippen LogP contribution in [0.15, 0.2) is 32.4 Å². The summed E-state index contributed by atoms with van der Waals surface area (Å²) in [5, 5.41) is 4.34. The Morgan fingerprint density at radius 2 is 1.86 bits per heavy atom. The minimum atomic E-state index is -0.541. The molecule has 0 aliphatic carbocycles. The lowest BCUT2D eigenvalue weighted by Crippen LogP contribution is -2.25. The van der Waals surface area contributed by atoms with Crippen molar-refractivity contribution >= 4 is 15.9 Å². The van der Waals surface area contributed by atoms with Crippen LogP contribution >= 0.6 is 15.9 Å². The van der Waals surface area contributed by atoms with Crippen molar-refractivity contribution in [3.63, 3.8) is 0 Å². The summed E-state index contributed by atoms with van der Waals surface area (Å²) in [6.07, 6.45) is 0. The van der Waals surface area contributed by atoms with Gasteiger partial charge in [0.1, 0.15) is 10.4 Å². The largest absolute Gasteiger partial charge is 0.350 e. The molecule has 6 nitrogen and oxygen atoms in total. The Kier molecular flexibility index (Phi) is 2.08. The lowest BCUT2D eigenvalue weighted by atomic mass is 10.5. The molecule has 2 rings (SSSR count). The Morgan fingerprint density at radius 3 is 2.43 bits per heavy atom. The number of pyridine rings is 1. The van der Waals surface area contributed by atoms with Crippen LogP contribution in [0, 0.1) is 0 Å². The third-order valence-electron chi connectivity index (χ3n) is 1.61. The highest BCUT2D eigenvalue weighted by atomic mass is 79.9. The topological polar surface area (TPSA) is 83.5 Å². The average molecular weight is 257 g/mol. The predicted molar refractivity (Wildman–Crippen MR) is 52.5 cm³/mol. The number of H-pyrrole nitrogens is 2. The van der Waals surface area contributed by atoms with Crippen LogP contribution in [0.2, 0.25) is 0 Å². The van der Waals surface area contributed by atoms with E-state index in [-0.39, 0.29) is 5.82 Å². The Balaban J connectivity index is 2.72. The highest BCUT2D eigenvalue weighted by Gasteiger charge is 2.06. The van der Waals surface area contributed by atoms with Gasteiger partial charge in [-0.25, -0.2) is 24.8 Å². The monoisotopic (exact) mass is 256 g/mol. The van der Waals surface area contributed by atoms with Crippen LogP contribution in [-0.2, 0) is 0 Å². The maximum Gasteiger partial charge on any atom is 0.350 e. The maximum atomic E-state index is 11.2. The standard InChI is InChI=1S/C7H5BrN4O2/c8-4-2-1-3-5(9-4)12-6(13)10-11-7(12)14/h1-3H,(H,10,13)(H,11,14). The predicted octanol–water partition coefficient (Wildman–Crippen LogP) is 0.0114. The molecule has 14 heavy (non-hydrogen) atoms. The summed E-state index contributed by atoms with van der Waals surface area (Å²) in [7, 11) is 0. The Hall–Kier alpha value is -1.63. The van der Waals surface area contributed by atoms with E-state index in [1.807, 2.05) is 0 Å². The van der Waals surface area contributed by atoms with Gasteiger partial charge in [0, 0.05) is 0 Å². The van der Waals surface area contributed by atoms with E-state index in [0.717, 1.165) is 4.57 Å². The molecule has 0 atom stereocenters. The number of nitrogens with zero attached hydrogens (tertiary/aromatic N) is 2. The molecule has 0 aromatic carbocycles. The van der Waals surface area contributed by atoms with E-state index in [0.29, 0.717) is 4.60 Å². The molecule has 2 aromatic heterocycles. The number of aromatic nitrogens is 4. The molecule has 0 fully saturated rings. The number of hydrogen-bond donors (Lipinski definition) is 2. The first-order valence-corrected chi connectivity index (χ1v) is 4.50. The summed E-state index contributed by atoms with van der Waals surface area (Å²) < 4.78 is 1.47. The van der Waals surface area contributed by atoms with Gasteiger partial charge >= 0.3 is 11.4 Å². The van der Waals surface area contributed by atoms with Crippen LogP contribution in [0.25, 0.3) is 5.82 Å². The van der Waals surface area contributed by atoms with E-state index < -0.39 is 11.4 Å². The van der Waals surface area contributed by atoms with Crippen molar-refractivity contribution in [2.45, 2.75) is 0 Å². The first-order valence-electron chi connectivity index (χ1n) is 3.71. The van der Waals surface area contributed by atoms with Crippen LogP contribution in [0.1, 0.15) is 0 Å². The average Bonchev–Trinajstić information content (AvgIpc) is 2.46. The first kappa shape index (κ1) is 8.95. The van der Waals surface area contributed by atoms with Crippen molar-refractivity contribution in [1.82, 2.24) is 19.7 Å². The van der Waals surface area contributed by atoms with Gasteiger partial charge in [-0.1, -0.05) is 6.07 Å². The molecule has 0 amide bonds. The van der Waals surface area contributed by atoms with Crippen molar-refractivity contribution < 1.29 is 0 Å². The number of rotatable bonds is 1. The number of hydrogen-bond acceptors (Lipinski definition) is 3. The molecule has 2 N–H and O–H groups in total. The van der Waals surface area contributed by atoms with E-state index in [2.05, 4.69) is 31.1 Å². The van der Waals surface area contributed by atoms with Crippen LogP contribution in [0.4, 0.5) is 0 Å². The molecular formula is C7H5BrN4O2. The molecular weight excluding hydrogens is 252 g/mol. The van der Waals surface area contributed by atoms with Crippen LogP contribution < -0.4 is 11.4 Å². The smallest absolute Gasteiger partial charge is 0.247 e. The van der Waals surface area contributed by atoms with Gasteiger partial charge in [0.25, 0.3) is 0 Å². The van der Waals surface area contributed by atoms with Crippen LogP contribution in [0.3, 0.4) is 0 Å². The van der Waals surface area contributed by atoms with Gasteiger partial charge in [-0.2, -0.15) is 4.57 Å². The normalized spacial score (nSPS) is 10.4. The molecule has 0 bridgehead atoms. The molecule has 0 unspecified atom stereocenters. The second-order valence-electron chi connectivity index (χ2n) is 2.51. The summed E-state index contributed by atoms with van der Waals surface area (Å²) in [6.45, 7) is 0. The van der Waals surface area contributed by atoms with E-state index in [1.165, 1.54) is 0 Å². The summed E-state index contributed by atoms with van der Waals surface area (Å²) in [4.78, 5) is 26.3. The Labute approximate surface area is 85.7 Å². The Morgan fingerprint density at radius 1 is 1.21 bits per heavy atom. The SMILES string of the molecule is O=c1[nH][nH]c(=O)n1-c1cccc(Br)n1. The maximum absolute atomic E-state index is 11.2. The molecule has 0 spiro atoms. The van der Waals surface area contributed by atoms with Crippen molar-refractivity contribution in [3.05, 3.63) is 43.8 Å². The van der Waals surface area contributed by atoms with E-state index in [9.17, 15) is 9.59 Å². The minimum Gasteiger partial charge on any atom is -0.247 e. The van der Waals surface area contributed by atoms with E-state index in [1.54, 1.807) is 18.2 Å². The van der Waals surface area contributed by atoms with Crippen LogP contribution in [-0.4, -0.2) is 19.7 Å². The van der Waals surface area contributed by atoms with Gasteiger partial charge in [-0.05, 0) is 28.1 Å². The highest BCUT2D eigenvalue weighted by Crippen LogP contribution is 2.06. The zero-order valence-corrected chi connectivity index (χ0v) is 8.41. The molecule has 0 aliphatic rings. The van der Waals surface area contributed by atoms with Gasteiger partial charge in [0.05, 0.1) is 0 Å². The number of aromatic amines is 2. The van der Waals surface area contributed by atoms with E-state index >= 15 is 0 Å². The molecule has 2 aromatic rings. The van der Waals surface area contributed by atoms with Crippen molar-refractivity contribution in [1.29, 1.82) is 0 Å². The van der Waals surface area contributed by atoms with Gasteiger partial charge in [-0.15, -0.1) is 0 Å². The number of halogens is 1.